The summed E-state index contributed by atoms with van der Waals surface area (Å²) in [5.74, 6) is -2.17. The van der Waals surface area contributed by atoms with Gasteiger partial charge in [0.05, 0.1) is 5.75 Å². The van der Waals surface area contributed by atoms with Gasteiger partial charge in [-0.15, -0.1) is 11.8 Å². The zero-order chi connectivity index (χ0) is 17.5. The number of thiocarbonyl (C=S) groups is 1. The second kappa shape index (κ2) is 8.55. The third-order valence-electron chi connectivity index (χ3n) is 2.67. The van der Waals surface area contributed by atoms with Crippen molar-refractivity contribution in [1.29, 1.82) is 0 Å². The number of amides is 1. The van der Waals surface area contributed by atoms with E-state index < -0.39 is 17.5 Å². The summed E-state index contributed by atoms with van der Waals surface area (Å²) in [6.07, 6.45) is 0. The van der Waals surface area contributed by atoms with Crippen LogP contribution >= 0.6 is 24.0 Å². The van der Waals surface area contributed by atoms with Gasteiger partial charge >= 0.3 is 0 Å². The van der Waals surface area contributed by atoms with E-state index in [-0.39, 0.29) is 21.6 Å². The number of carbonyl (C=O) groups excluding carboxylic acids is 1. The van der Waals surface area contributed by atoms with Crippen LogP contribution in [-0.4, -0.2) is 16.8 Å². The van der Waals surface area contributed by atoms with Gasteiger partial charge < -0.3 is 5.32 Å². The Hall–Kier alpha value is -2.26. The molecule has 2 rings (SSSR count). The first-order valence-electron chi connectivity index (χ1n) is 6.63. The molecule has 4 nitrogen and oxygen atoms in total. The Morgan fingerprint density at radius 3 is 2.38 bits per heavy atom. The molecule has 1 amide bonds. The van der Waals surface area contributed by atoms with Crippen LogP contribution in [0.4, 0.5) is 18.9 Å². The molecule has 0 saturated heterocycles. The van der Waals surface area contributed by atoms with E-state index in [4.69, 9.17) is 12.2 Å². The molecule has 0 aliphatic heterocycles. The predicted octanol–water partition coefficient (Wildman–Crippen LogP) is 3.21. The second-order valence-electron chi connectivity index (χ2n) is 4.50. The van der Waals surface area contributed by atoms with E-state index in [2.05, 4.69) is 16.2 Å². The summed E-state index contributed by atoms with van der Waals surface area (Å²) in [5.41, 5.74) is 5.31. The topological polar surface area (TPSA) is 53.2 Å². The highest BCUT2D eigenvalue weighted by Crippen LogP contribution is 2.22. The molecule has 0 fully saturated rings. The number of benzene rings is 2. The average Bonchev–Trinajstić information content (AvgIpc) is 2.56. The number of hydrogen-bond donors (Lipinski definition) is 3. The first-order valence-corrected chi connectivity index (χ1v) is 8.02. The van der Waals surface area contributed by atoms with E-state index in [1.807, 2.05) is 0 Å². The molecule has 0 aliphatic carbocycles. The summed E-state index contributed by atoms with van der Waals surface area (Å²) in [5, 5.41) is 2.83. The second-order valence-corrected chi connectivity index (χ2v) is 5.92. The first-order chi connectivity index (χ1) is 11.4. The third kappa shape index (κ3) is 5.74. The smallest absolute Gasteiger partial charge is 0.248 e. The van der Waals surface area contributed by atoms with Crippen LogP contribution in [0.5, 0.6) is 0 Å². The lowest BCUT2D eigenvalue weighted by atomic mass is 10.3. The van der Waals surface area contributed by atoms with Crippen molar-refractivity contribution in [2.75, 3.05) is 11.1 Å². The maximum absolute atomic E-state index is 13.4. The van der Waals surface area contributed by atoms with Crippen molar-refractivity contribution in [3.05, 3.63) is 59.9 Å². The van der Waals surface area contributed by atoms with E-state index in [1.54, 1.807) is 0 Å². The molecule has 2 aromatic carbocycles. The molecular weight excluding hydrogens is 359 g/mol. The maximum Gasteiger partial charge on any atom is 0.248 e. The van der Waals surface area contributed by atoms with Gasteiger partial charge in [0, 0.05) is 10.6 Å². The highest BCUT2D eigenvalue weighted by atomic mass is 32.2. The first kappa shape index (κ1) is 18.1. The molecular formula is C15H12F3N3OS2. The van der Waals surface area contributed by atoms with Crippen LogP contribution in [0.2, 0.25) is 0 Å². The summed E-state index contributed by atoms with van der Waals surface area (Å²) >= 11 is 5.81. The minimum absolute atomic E-state index is 0.0390. The molecule has 3 N–H and O–H groups in total. The number of hydrogen-bond acceptors (Lipinski definition) is 3. The molecule has 0 heterocycles. The number of carbonyl (C=O) groups is 1. The SMILES string of the molecule is O=C(CSc1cc(F)ccc1F)NNC(=S)Nc1ccc(F)cc1. The summed E-state index contributed by atoms with van der Waals surface area (Å²) < 4.78 is 39.2. The highest BCUT2D eigenvalue weighted by molar-refractivity contribution is 8.00. The minimum Gasteiger partial charge on any atom is -0.331 e. The number of thioether (sulfide) groups is 1. The molecule has 0 atom stereocenters. The molecule has 9 heteroatoms. The molecule has 126 valence electrons. The van der Waals surface area contributed by atoms with Crippen molar-refractivity contribution in [1.82, 2.24) is 10.9 Å². The fraction of sp³-hybridized carbons (Fsp3) is 0.0667. The van der Waals surface area contributed by atoms with Gasteiger partial charge in [-0.3, -0.25) is 15.6 Å². The van der Waals surface area contributed by atoms with Crippen molar-refractivity contribution in [2.24, 2.45) is 0 Å². The molecule has 2 aromatic rings. The number of halogens is 3. The van der Waals surface area contributed by atoms with Crippen LogP contribution < -0.4 is 16.2 Å². The van der Waals surface area contributed by atoms with Crippen molar-refractivity contribution < 1.29 is 18.0 Å². The van der Waals surface area contributed by atoms with Crippen molar-refractivity contribution in [3.63, 3.8) is 0 Å². The van der Waals surface area contributed by atoms with Crippen LogP contribution in [0.3, 0.4) is 0 Å². The number of anilines is 1. The largest absolute Gasteiger partial charge is 0.331 e. The molecule has 0 aromatic heterocycles. The molecule has 24 heavy (non-hydrogen) atoms. The standard InChI is InChI=1S/C15H12F3N3OS2/c16-9-1-4-11(5-2-9)19-15(23)21-20-14(22)8-24-13-7-10(17)3-6-12(13)18/h1-7H,8H2,(H,20,22)(H2,19,21,23). The van der Waals surface area contributed by atoms with Crippen LogP contribution in [0, 0.1) is 17.5 Å². The Balaban J connectivity index is 1.75. The zero-order valence-electron chi connectivity index (χ0n) is 12.1. The Morgan fingerprint density at radius 1 is 1.00 bits per heavy atom. The summed E-state index contributed by atoms with van der Waals surface area (Å²) in [6, 6.07) is 8.49. The maximum atomic E-state index is 13.4. The van der Waals surface area contributed by atoms with Crippen molar-refractivity contribution in [3.8, 4) is 0 Å². The van der Waals surface area contributed by atoms with Gasteiger partial charge in [-0.2, -0.15) is 0 Å². The molecule has 0 aliphatic rings. The van der Waals surface area contributed by atoms with Crippen LogP contribution in [0.15, 0.2) is 47.4 Å². The highest BCUT2D eigenvalue weighted by Gasteiger charge is 2.08. The van der Waals surface area contributed by atoms with E-state index in [9.17, 15) is 18.0 Å². The van der Waals surface area contributed by atoms with Crippen molar-refractivity contribution >= 4 is 40.7 Å². The molecule has 0 spiro atoms. The zero-order valence-corrected chi connectivity index (χ0v) is 13.7. The summed E-state index contributed by atoms with van der Waals surface area (Å²) in [6.45, 7) is 0. The van der Waals surface area contributed by atoms with Gasteiger partial charge in [-0.1, -0.05) is 0 Å². The number of hydrazine groups is 1. The van der Waals surface area contributed by atoms with Crippen molar-refractivity contribution in [2.45, 2.75) is 4.90 Å². The van der Waals surface area contributed by atoms with Gasteiger partial charge in [0.2, 0.25) is 5.91 Å². The minimum atomic E-state index is -0.601. The Kier molecular flexibility index (Phi) is 6.44. The Labute approximate surface area is 145 Å². The van der Waals surface area contributed by atoms with Gasteiger partial charge in [0.15, 0.2) is 5.11 Å². The summed E-state index contributed by atoms with van der Waals surface area (Å²) in [4.78, 5) is 11.7. The fourth-order valence-corrected chi connectivity index (χ4v) is 2.52. The normalized spacial score (nSPS) is 10.1. The van der Waals surface area contributed by atoms with Gasteiger partial charge in [0.25, 0.3) is 0 Å². The lowest BCUT2D eigenvalue weighted by Crippen LogP contribution is -2.44. The lowest BCUT2D eigenvalue weighted by molar-refractivity contribution is -0.119. The average molecular weight is 371 g/mol. The van der Waals surface area contributed by atoms with E-state index >= 15 is 0 Å². The molecule has 0 unspecified atom stereocenters. The Morgan fingerprint density at radius 2 is 1.67 bits per heavy atom. The summed E-state index contributed by atoms with van der Waals surface area (Å²) in [7, 11) is 0. The monoisotopic (exact) mass is 371 g/mol. The lowest BCUT2D eigenvalue weighted by Gasteiger charge is -2.11. The van der Waals surface area contributed by atoms with E-state index in [0.717, 1.165) is 30.0 Å². The fourth-order valence-electron chi connectivity index (χ4n) is 1.59. The van der Waals surface area contributed by atoms with E-state index in [0.29, 0.717) is 5.69 Å². The predicted molar refractivity (Wildman–Crippen MR) is 91.0 cm³/mol. The van der Waals surface area contributed by atoms with Gasteiger partial charge in [0.1, 0.15) is 17.5 Å². The van der Waals surface area contributed by atoms with Crippen LogP contribution in [-0.2, 0) is 4.79 Å². The van der Waals surface area contributed by atoms with Crippen LogP contribution in [0.1, 0.15) is 0 Å². The number of rotatable bonds is 4. The molecule has 0 radical (unpaired) electrons. The molecule has 0 saturated carbocycles. The van der Waals surface area contributed by atoms with Crippen LogP contribution in [0.25, 0.3) is 0 Å². The molecule has 0 bridgehead atoms. The van der Waals surface area contributed by atoms with Gasteiger partial charge in [-0.25, -0.2) is 13.2 Å². The Bertz CT molecular complexity index is 741. The van der Waals surface area contributed by atoms with E-state index in [1.165, 1.54) is 24.3 Å². The quantitative estimate of drug-likeness (QED) is 0.438. The van der Waals surface area contributed by atoms with Gasteiger partial charge in [-0.05, 0) is 54.7 Å². The third-order valence-corrected chi connectivity index (χ3v) is 3.90. The number of nitrogens with one attached hydrogen (secondary N) is 3.